The zero-order valence-electron chi connectivity index (χ0n) is 16.2. The lowest BCUT2D eigenvalue weighted by Crippen LogP contribution is -2.37. The number of nitriles is 2. The van der Waals surface area contributed by atoms with Crippen molar-refractivity contribution in [2.45, 2.75) is 50.5 Å². The second-order valence-electron chi connectivity index (χ2n) is 7.48. The predicted octanol–water partition coefficient (Wildman–Crippen LogP) is 5.86. The molecule has 3 rings (SSSR count). The van der Waals surface area contributed by atoms with Crippen LogP contribution in [-0.2, 0) is 18.4 Å². The van der Waals surface area contributed by atoms with E-state index in [2.05, 4.69) is 30.9 Å². The lowest BCUT2D eigenvalue weighted by Gasteiger charge is -2.40. The number of hydrogen-bond donors (Lipinski definition) is 0. The summed E-state index contributed by atoms with van der Waals surface area (Å²) < 4.78 is 6.04. The maximum atomic E-state index is 9.72. The van der Waals surface area contributed by atoms with Gasteiger partial charge in [0.2, 0.25) is 0 Å². The first-order valence-electron chi connectivity index (χ1n) is 9.94. The van der Waals surface area contributed by atoms with E-state index in [1.54, 1.807) is 0 Å². The van der Waals surface area contributed by atoms with Crippen molar-refractivity contribution >= 4 is 0 Å². The fraction of sp³-hybridized carbons (Fsp3) is 0.360. The molecule has 2 aromatic rings. The van der Waals surface area contributed by atoms with Crippen molar-refractivity contribution in [3.63, 3.8) is 0 Å². The van der Waals surface area contributed by atoms with Crippen molar-refractivity contribution in [1.29, 1.82) is 10.5 Å². The van der Waals surface area contributed by atoms with Crippen LogP contribution in [0.15, 0.2) is 61.2 Å². The Morgan fingerprint density at radius 1 is 1.14 bits per heavy atom. The third kappa shape index (κ3) is 4.10. The van der Waals surface area contributed by atoms with Crippen LogP contribution in [0.2, 0.25) is 0 Å². The van der Waals surface area contributed by atoms with Crippen LogP contribution in [0.5, 0.6) is 5.75 Å². The quantitative estimate of drug-likeness (QED) is 0.432. The fourth-order valence-corrected chi connectivity index (χ4v) is 4.34. The normalized spacial score (nSPS) is 18.0. The van der Waals surface area contributed by atoms with E-state index in [1.807, 2.05) is 42.5 Å². The molecule has 2 aromatic carbocycles. The number of hydrogen-bond acceptors (Lipinski definition) is 3. The number of nitrogens with zero attached hydrogens (tertiary/aromatic N) is 2. The summed E-state index contributed by atoms with van der Waals surface area (Å²) in [5.41, 5.74) is 3.06. The number of aryl methyl sites for hydroxylation is 1. The molecule has 1 unspecified atom stereocenters. The molecule has 1 atom stereocenters. The molecule has 142 valence electrons. The molecule has 0 amide bonds. The van der Waals surface area contributed by atoms with E-state index in [1.165, 1.54) is 5.56 Å². The highest BCUT2D eigenvalue weighted by Crippen LogP contribution is 2.47. The second-order valence-corrected chi connectivity index (χ2v) is 7.48. The van der Waals surface area contributed by atoms with E-state index in [9.17, 15) is 10.5 Å². The highest BCUT2D eigenvalue weighted by Gasteiger charge is 2.43. The van der Waals surface area contributed by atoms with Crippen molar-refractivity contribution in [3.8, 4) is 17.9 Å². The largest absolute Gasteiger partial charge is 0.489 e. The van der Waals surface area contributed by atoms with Crippen LogP contribution in [0.25, 0.3) is 0 Å². The molecule has 3 heteroatoms. The predicted molar refractivity (Wildman–Crippen MR) is 111 cm³/mol. The first-order valence-corrected chi connectivity index (χ1v) is 9.94. The third-order valence-electron chi connectivity index (χ3n) is 5.78. The Balaban J connectivity index is 1.93. The SMILES string of the molecule is C=CCCCC1(C(C#N)C#N)CCCc2ccc(OCc3ccccc3)cc21. The third-order valence-corrected chi connectivity index (χ3v) is 5.78. The Morgan fingerprint density at radius 2 is 1.93 bits per heavy atom. The topological polar surface area (TPSA) is 56.8 Å². The maximum absolute atomic E-state index is 9.72. The standard InChI is InChI=1S/C25H26N2O/c1-2-3-7-14-25(22(17-26)18-27)15-8-11-21-12-13-23(16-24(21)25)28-19-20-9-5-4-6-10-20/h2,4-6,9-10,12-13,16,22H,1,3,7-8,11,14-15,19H2. The van der Waals surface area contributed by atoms with Crippen LogP contribution in [0.3, 0.4) is 0 Å². The van der Waals surface area contributed by atoms with Crippen LogP contribution in [0, 0.1) is 28.6 Å². The molecule has 0 aliphatic heterocycles. The smallest absolute Gasteiger partial charge is 0.142 e. The van der Waals surface area contributed by atoms with Gasteiger partial charge in [-0.3, -0.25) is 0 Å². The molecule has 0 heterocycles. The molecule has 0 bridgehead atoms. The fourth-order valence-electron chi connectivity index (χ4n) is 4.34. The summed E-state index contributed by atoms with van der Waals surface area (Å²) in [6.07, 6.45) is 7.41. The Hall–Kier alpha value is -3.04. The van der Waals surface area contributed by atoms with Gasteiger partial charge in [0.25, 0.3) is 0 Å². The van der Waals surface area contributed by atoms with Crippen LogP contribution in [0.1, 0.15) is 48.8 Å². The maximum Gasteiger partial charge on any atom is 0.142 e. The molecule has 28 heavy (non-hydrogen) atoms. The summed E-state index contributed by atoms with van der Waals surface area (Å²) in [6, 6.07) is 20.8. The number of fused-ring (bicyclic) bond motifs is 1. The van der Waals surface area contributed by atoms with Crippen molar-refractivity contribution < 1.29 is 4.74 Å². The molecular formula is C25H26N2O. The number of benzene rings is 2. The average molecular weight is 370 g/mol. The van der Waals surface area contributed by atoms with E-state index in [4.69, 9.17) is 4.74 Å². The minimum absolute atomic E-state index is 0.424. The Bertz CT molecular complexity index is 877. The molecule has 3 nitrogen and oxygen atoms in total. The highest BCUT2D eigenvalue weighted by atomic mass is 16.5. The van der Waals surface area contributed by atoms with Gasteiger partial charge in [0, 0.05) is 5.41 Å². The summed E-state index contributed by atoms with van der Waals surface area (Å²) in [4.78, 5) is 0. The summed E-state index contributed by atoms with van der Waals surface area (Å²) >= 11 is 0. The van der Waals surface area contributed by atoms with Gasteiger partial charge in [-0.15, -0.1) is 6.58 Å². The van der Waals surface area contributed by atoms with Crippen molar-refractivity contribution in [2.24, 2.45) is 5.92 Å². The van der Waals surface area contributed by atoms with Gasteiger partial charge in [0.05, 0.1) is 12.1 Å². The lowest BCUT2D eigenvalue weighted by atomic mass is 9.61. The van der Waals surface area contributed by atoms with E-state index < -0.39 is 11.3 Å². The minimum Gasteiger partial charge on any atom is -0.489 e. The molecule has 0 saturated carbocycles. The zero-order chi connectivity index (χ0) is 19.8. The van der Waals surface area contributed by atoms with Crippen molar-refractivity contribution in [2.75, 3.05) is 0 Å². The molecule has 0 radical (unpaired) electrons. The van der Waals surface area contributed by atoms with Crippen LogP contribution in [-0.4, -0.2) is 0 Å². The second kappa shape index (κ2) is 9.25. The van der Waals surface area contributed by atoms with Gasteiger partial charge in [-0.1, -0.05) is 42.5 Å². The Morgan fingerprint density at radius 3 is 2.64 bits per heavy atom. The van der Waals surface area contributed by atoms with E-state index >= 15 is 0 Å². The first kappa shape index (κ1) is 19.7. The van der Waals surface area contributed by atoms with Gasteiger partial charge < -0.3 is 4.74 Å². The van der Waals surface area contributed by atoms with Gasteiger partial charge in [0.15, 0.2) is 0 Å². The number of rotatable bonds is 8. The zero-order valence-corrected chi connectivity index (χ0v) is 16.2. The molecule has 0 spiro atoms. The molecule has 0 aromatic heterocycles. The average Bonchev–Trinajstić information content (AvgIpc) is 2.74. The minimum atomic E-state index is -0.652. The molecular weight excluding hydrogens is 344 g/mol. The van der Waals surface area contributed by atoms with Gasteiger partial charge >= 0.3 is 0 Å². The van der Waals surface area contributed by atoms with Gasteiger partial charge in [-0.25, -0.2) is 0 Å². The van der Waals surface area contributed by atoms with E-state index in [0.717, 1.165) is 55.4 Å². The Kier molecular flexibility index (Phi) is 6.51. The first-order chi connectivity index (χ1) is 13.7. The van der Waals surface area contributed by atoms with Gasteiger partial charge in [-0.2, -0.15) is 10.5 Å². The summed E-state index contributed by atoms with van der Waals surface area (Å²) in [6.45, 7) is 4.32. The van der Waals surface area contributed by atoms with Gasteiger partial charge in [0.1, 0.15) is 18.3 Å². The Labute approximate surface area is 167 Å². The van der Waals surface area contributed by atoms with Crippen molar-refractivity contribution in [3.05, 3.63) is 77.9 Å². The molecule has 0 N–H and O–H groups in total. The highest BCUT2D eigenvalue weighted by molar-refractivity contribution is 5.45. The lowest BCUT2D eigenvalue weighted by molar-refractivity contribution is 0.280. The van der Waals surface area contributed by atoms with E-state index in [-0.39, 0.29) is 0 Å². The number of ether oxygens (including phenoxy) is 1. The number of allylic oxidation sites excluding steroid dienone is 1. The van der Waals surface area contributed by atoms with Crippen molar-refractivity contribution in [1.82, 2.24) is 0 Å². The molecule has 0 saturated heterocycles. The molecule has 1 aliphatic carbocycles. The monoisotopic (exact) mass is 370 g/mol. The summed E-state index contributed by atoms with van der Waals surface area (Å²) in [5, 5.41) is 19.4. The molecule has 0 fully saturated rings. The van der Waals surface area contributed by atoms with E-state index in [0.29, 0.717) is 6.61 Å². The summed E-state index contributed by atoms with van der Waals surface area (Å²) in [7, 11) is 0. The number of unbranched alkanes of at least 4 members (excludes halogenated alkanes) is 1. The molecule has 1 aliphatic rings. The van der Waals surface area contributed by atoms with Gasteiger partial charge in [-0.05, 0) is 67.3 Å². The summed E-state index contributed by atoms with van der Waals surface area (Å²) in [5.74, 6) is 0.146. The van der Waals surface area contributed by atoms with Crippen LogP contribution in [0.4, 0.5) is 0 Å². The van der Waals surface area contributed by atoms with Crippen LogP contribution < -0.4 is 4.74 Å². The van der Waals surface area contributed by atoms with Crippen LogP contribution >= 0.6 is 0 Å².